The van der Waals surface area contributed by atoms with Crippen LogP contribution in [0.15, 0.2) is 17.3 Å². The lowest BCUT2D eigenvalue weighted by atomic mass is 9.51. The summed E-state index contributed by atoms with van der Waals surface area (Å²) in [6.07, 6.45) is 8.55. The van der Waals surface area contributed by atoms with Crippen LogP contribution in [-0.4, -0.2) is 65.9 Å². The van der Waals surface area contributed by atoms with Crippen LogP contribution in [0.2, 0.25) is 0 Å². The number of aliphatic carboxylic acids is 2. The van der Waals surface area contributed by atoms with E-state index in [9.17, 15) is 19.2 Å². The average molecular weight is 521 g/mol. The highest BCUT2D eigenvalue weighted by Crippen LogP contribution is 2.62. The molecule has 1 saturated heterocycles. The molecule has 0 aromatic rings. The maximum Gasteiger partial charge on any atom is 0.328 e. The molecule has 0 bridgehead atoms. The molecule has 1 unspecified atom stereocenters. The second-order valence-corrected chi connectivity index (χ2v) is 11.1. The Kier molecular flexibility index (Phi) is 9.50. The van der Waals surface area contributed by atoms with Crippen molar-refractivity contribution in [3.8, 4) is 0 Å². The van der Waals surface area contributed by atoms with Gasteiger partial charge in [0.25, 0.3) is 0 Å². The molecule has 4 fully saturated rings. The highest BCUT2D eigenvalue weighted by atomic mass is 16.6. The average Bonchev–Trinajstić information content (AvgIpc) is 3.08. The number of ether oxygens (including phenoxy) is 1. The summed E-state index contributed by atoms with van der Waals surface area (Å²) in [6.45, 7) is 5.98. The number of rotatable bonds is 7. The smallest absolute Gasteiger partial charge is 0.328 e. The van der Waals surface area contributed by atoms with Crippen LogP contribution in [0.5, 0.6) is 0 Å². The largest absolute Gasteiger partial charge is 0.478 e. The van der Waals surface area contributed by atoms with Gasteiger partial charge in [-0.05, 0) is 69.9 Å². The Bertz CT molecular complexity index is 931. The lowest BCUT2D eigenvalue weighted by Crippen LogP contribution is -2.51. The highest BCUT2D eigenvalue weighted by Gasteiger charge is 2.60. The quantitative estimate of drug-likeness (QED) is 0.199. The zero-order valence-electron chi connectivity index (χ0n) is 22.0. The first-order valence-electron chi connectivity index (χ1n) is 13.2. The van der Waals surface area contributed by atoms with Gasteiger partial charge < -0.3 is 25.1 Å². The molecule has 3 N–H and O–H groups in total. The predicted octanol–water partition coefficient (Wildman–Crippen LogP) is 3.20. The van der Waals surface area contributed by atoms with E-state index in [4.69, 9.17) is 19.8 Å². The summed E-state index contributed by atoms with van der Waals surface area (Å²) in [5, 5.41) is 23.1. The van der Waals surface area contributed by atoms with Crippen molar-refractivity contribution in [3.63, 3.8) is 0 Å². The number of carboxylic acids is 2. The van der Waals surface area contributed by atoms with Crippen LogP contribution in [0, 0.1) is 28.6 Å². The topological polar surface area (TPSA) is 152 Å². The van der Waals surface area contributed by atoms with Gasteiger partial charge in [-0.3, -0.25) is 9.59 Å². The van der Waals surface area contributed by atoms with Crippen molar-refractivity contribution >= 4 is 29.4 Å². The molecule has 10 heteroatoms. The molecule has 37 heavy (non-hydrogen) atoms. The number of fused-ring (bicyclic) bond motifs is 5. The first-order valence-corrected chi connectivity index (χ1v) is 13.2. The second kappa shape index (κ2) is 12.2. The molecule has 206 valence electrons. The summed E-state index contributed by atoms with van der Waals surface area (Å²) in [4.78, 5) is 50.0. The summed E-state index contributed by atoms with van der Waals surface area (Å²) >= 11 is 0. The van der Waals surface area contributed by atoms with E-state index in [2.05, 4.69) is 24.3 Å². The molecule has 6 atom stereocenters. The molecule has 0 amide bonds. The SMILES string of the molecule is CNCCCO/N=C1/CC[C@@]2(C)C(C1)OC(=O)C[C@@H]1[C@@H]2CC[C@]2(C)C(=O)CC[C@@H]12.O=C(O)/C=C/C(=O)O. The van der Waals surface area contributed by atoms with E-state index in [0.717, 1.165) is 50.8 Å². The number of hydrogen-bond acceptors (Lipinski definition) is 8. The van der Waals surface area contributed by atoms with Gasteiger partial charge in [-0.25, -0.2) is 9.59 Å². The first-order chi connectivity index (χ1) is 17.5. The van der Waals surface area contributed by atoms with Crippen LogP contribution in [0.4, 0.5) is 0 Å². The maximum atomic E-state index is 12.8. The van der Waals surface area contributed by atoms with Crippen molar-refractivity contribution in [1.29, 1.82) is 0 Å². The fraction of sp³-hybridized carbons (Fsp3) is 0.741. The van der Waals surface area contributed by atoms with E-state index in [1.165, 1.54) is 0 Å². The fourth-order valence-corrected chi connectivity index (χ4v) is 6.96. The van der Waals surface area contributed by atoms with Crippen molar-refractivity contribution < 1.29 is 39.0 Å². The Labute approximate surface area is 217 Å². The van der Waals surface area contributed by atoms with Crippen LogP contribution in [0.25, 0.3) is 0 Å². The van der Waals surface area contributed by atoms with E-state index in [1.54, 1.807) is 0 Å². The van der Waals surface area contributed by atoms with Gasteiger partial charge in [-0.1, -0.05) is 19.0 Å². The maximum absolute atomic E-state index is 12.8. The summed E-state index contributed by atoms with van der Waals surface area (Å²) in [5.41, 5.74) is 0.759. The number of carboxylic acid groups (broad SMARTS) is 2. The van der Waals surface area contributed by atoms with E-state index in [0.29, 0.717) is 55.6 Å². The van der Waals surface area contributed by atoms with E-state index < -0.39 is 11.9 Å². The zero-order chi connectivity index (χ0) is 27.2. The standard InChI is InChI=1S/C23H36N2O4.C4H4O4/c1-22-10-8-18-16(17(22)5-6-19(22)26)14-21(27)29-20-13-15(7-9-23(18,20)2)25-28-12-4-11-24-3;5-3(6)1-2-4(7)8/h16-18,20,24H,4-14H2,1-3H3;1-2H,(H,5,6)(H,7,8)/b25-15-;2-1+/t16-,17-,18-,20?,22-,23+;/m0./s1. The van der Waals surface area contributed by atoms with E-state index in [1.807, 2.05) is 7.05 Å². The van der Waals surface area contributed by atoms with Gasteiger partial charge in [0, 0.05) is 42.2 Å². The molecule has 1 heterocycles. The number of oxime groups is 1. The Hall–Kier alpha value is -2.75. The van der Waals surface area contributed by atoms with Gasteiger partial charge in [0.15, 0.2) is 0 Å². The number of carbonyl (C=O) groups excluding carboxylic acids is 2. The molecule has 0 radical (unpaired) electrons. The van der Waals surface area contributed by atoms with Crippen molar-refractivity contribution in [2.24, 2.45) is 33.7 Å². The van der Waals surface area contributed by atoms with Crippen LogP contribution < -0.4 is 5.32 Å². The number of hydrogen-bond donors (Lipinski definition) is 3. The van der Waals surface area contributed by atoms with Crippen LogP contribution in [-0.2, 0) is 28.8 Å². The van der Waals surface area contributed by atoms with Crippen molar-refractivity contribution in [2.45, 2.75) is 77.7 Å². The molecule has 3 saturated carbocycles. The monoisotopic (exact) mass is 520 g/mol. The van der Waals surface area contributed by atoms with Crippen LogP contribution >= 0.6 is 0 Å². The summed E-state index contributed by atoms with van der Waals surface area (Å²) in [7, 11) is 1.93. The predicted molar refractivity (Wildman–Crippen MR) is 135 cm³/mol. The lowest BCUT2D eigenvalue weighted by Gasteiger charge is -2.52. The molecule has 0 aromatic heterocycles. The Morgan fingerprint density at radius 2 is 1.78 bits per heavy atom. The molecule has 0 spiro atoms. The van der Waals surface area contributed by atoms with Crippen molar-refractivity contribution in [1.82, 2.24) is 5.32 Å². The normalized spacial score (nSPS) is 35.9. The molecule has 3 aliphatic carbocycles. The lowest BCUT2D eigenvalue weighted by molar-refractivity contribution is -0.154. The van der Waals surface area contributed by atoms with E-state index in [-0.39, 0.29) is 28.8 Å². The van der Waals surface area contributed by atoms with Gasteiger partial charge in [0.2, 0.25) is 0 Å². The van der Waals surface area contributed by atoms with Crippen molar-refractivity contribution in [3.05, 3.63) is 12.2 Å². The van der Waals surface area contributed by atoms with Gasteiger partial charge in [-0.15, -0.1) is 0 Å². The van der Waals surface area contributed by atoms with E-state index >= 15 is 0 Å². The van der Waals surface area contributed by atoms with Crippen molar-refractivity contribution in [2.75, 3.05) is 20.2 Å². The third-order valence-corrected chi connectivity index (χ3v) is 9.00. The Balaban J connectivity index is 0.000000414. The Morgan fingerprint density at radius 3 is 2.43 bits per heavy atom. The van der Waals surface area contributed by atoms with Gasteiger partial charge in [-0.2, -0.15) is 0 Å². The molecule has 4 rings (SSSR count). The minimum atomic E-state index is -1.26. The molecule has 0 aromatic carbocycles. The number of nitrogens with one attached hydrogen (secondary N) is 1. The van der Waals surface area contributed by atoms with Gasteiger partial charge in [0.05, 0.1) is 5.71 Å². The van der Waals surface area contributed by atoms with Gasteiger partial charge >= 0.3 is 17.9 Å². The third kappa shape index (κ3) is 6.58. The minimum Gasteiger partial charge on any atom is -0.478 e. The molecular formula is C27H40N2O8. The number of esters is 1. The number of ketones is 1. The van der Waals surface area contributed by atoms with Gasteiger partial charge in [0.1, 0.15) is 18.5 Å². The van der Waals surface area contributed by atoms with Crippen LogP contribution in [0.3, 0.4) is 0 Å². The molecule has 4 aliphatic rings. The molecular weight excluding hydrogens is 480 g/mol. The molecule has 10 nitrogen and oxygen atoms in total. The highest BCUT2D eigenvalue weighted by molar-refractivity contribution is 5.89. The summed E-state index contributed by atoms with van der Waals surface area (Å²) in [6, 6.07) is 0. The first kappa shape index (κ1) is 28.8. The number of Topliss-reactive ketones (excluding diaryl/α,β-unsaturated/α-hetero) is 1. The number of carbonyl (C=O) groups is 4. The summed E-state index contributed by atoms with van der Waals surface area (Å²) < 4.78 is 6.02. The Morgan fingerprint density at radius 1 is 1.08 bits per heavy atom. The second-order valence-electron chi connectivity index (χ2n) is 11.1. The zero-order valence-corrected chi connectivity index (χ0v) is 22.0. The summed E-state index contributed by atoms with van der Waals surface area (Å²) in [5.74, 6) is -1.13. The third-order valence-electron chi connectivity index (χ3n) is 9.00. The minimum absolute atomic E-state index is 0.0328. The molecule has 1 aliphatic heterocycles. The number of nitrogens with zero attached hydrogens (tertiary/aromatic N) is 1. The van der Waals surface area contributed by atoms with Crippen LogP contribution in [0.1, 0.15) is 71.6 Å². The fourth-order valence-electron chi connectivity index (χ4n) is 6.96.